The van der Waals surface area contributed by atoms with Crippen LogP contribution in [0.15, 0.2) is 40.1 Å². The molecule has 0 unspecified atom stereocenters. The summed E-state index contributed by atoms with van der Waals surface area (Å²) in [6.45, 7) is 3.73. The number of carbonyl (C=O) groups excluding carboxylic acids is 2. The first-order valence-corrected chi connectivity index (χ1v) is 16.2. The minimum absolute atomic E-state index is 0.0497. The summed E-state index contributed by atoms with van der Waals surface area (Å²) in [7, 11) is 0. The Morgan fingerprint density at radius 2 is 2.00 bits per heavy atom. The van der Waals surface area contributed by atoms with Gasteiger partial charge in [-0.05, 0) is 79.6 Å². The van der Waals surface area contributed by atoms with Crippen LogP contribution in [-0.2, 0) is 16.1 Å². The largest absolute Gasteiger partial charge is 0.390 e. The highest BCUT2D eigenvalue weighted by Crippen LogP contribution is 2.70. The highest BCUT2D eigenvalue weighted by molar-refractivity contribution is 8.13. The number of hydrogen-bond donors (Lipinski definition) is 2. The standard InChI is InChI=1S/C28H34F3NO4S3/c1-26-11-22(34)28(31)19(10-21(30)20-9-16(33)6-7-27(20,28)2)18(26)8-15(24(26)25(35)38-14-29)12-32(36)13-17-4-5-23(37-3)39-17/h4-7,9,15,18-19,21-22,24,34,36H,8,10-14H2,1-3H3/t15-,18-,19-,21-,22-,24+,26-,27-,28-/m0/s1. The van der Waals surface area contributed by atoms with Gasteiger partial charge >= 0.3 is 0 Å². The lowest BCUT2D eigenvalue weighted by Gasteiger charge is -2.62. The summed E-state index contributed by atoms with van der Waals surface area (Å²) in [4.78, 5) is 26.3. The number of rotatable bonds is 7. The molecule has 11 heteroatoms. The maximum atomic E-state index is 17.4. The van der Waals surface area contributed by atoms with Gasteiger partial charge in [0.15, 0.2) is 16.6 Å². The fourth-order valence-corrected chi connectivity index (χ4v) is 10.6. The van der Waals surface area contributed by atoms with Crippen molar-refractivity contribution in [2.75, 3.05) is 18.8 Å². The van der Waals surface area contributed by atoms with E-state index in [9.17, 15) is 24.3 Å². The molecule has 0 saturated heterocycles. The van der Waals surface area contributed by atoms with Crippen molar-refractivity contribution < 1.29 is 33.1 Å². The lowest BCUT2D eigenvalue weighted by molar-refractivity contribution is -0.201. The maximum absolute atomic E-state index is 17.4. The summed E-state index contributed by atoms with van der Waals surface area (Å²) in [5, 5.41) is 23.1. The quantitative estimate of drug-likeness (QED) is 0.293. The second-order valence-electron chi connectivity index (χ2n) is 11.8. The molecular formula is C28H34F3NO4S3. The topological polar surface area (TPSA) is 77.8 Å². The summed E-state index contributed by atoms with van der Waals surface area (Å²) in [5.74, 6) is -2.99. The Labute approximate surface area is 239 Å². The number of hydrogen-bond acceptors (Lipinski definition) is 8. The molecule has 4 aliphatic carbocycles. The molecule has 2 N–H and O–H groups in total. The first kappa shape index (κ1) is 29.4. The Morgan fingerprint density at radius 1 is 1.26 bits per heavy atom. The van der Waals surface area contributed by atoms with Crippen molar-refractivity contribution in [2.24, 2.45) is 34.5 Å². The molecule has 0 aliphatic heterocycles. The average Bonchev–Trinajstić information content (AvgIpc) is 3.43. The molecule has 3 fully saturated rings. The van der Waals surface area contributed by atoms with Gasteiger partial charge in [-0.2, -0.15) is 5.06 Å². The minimum Gasteiger partial charge on any atom is -0.390 e. The molecule has 5 rings (SSSR count). The number of thiophene rings is 1. The first-order valence-electron chi connectivity index (χ1n) is 13.1. The number of ketones is 1. The summed E-state index contributed by atoms with van der Waals surface area (Å²) in [6, 6.07) is 3.00. The summed E-state index contributed by atoms with van der Waals surface area (Å²) < 4.78 is 47.5. The third kappa shape index (κ3) is 4.59. The van der Waals surface area contributed by atoms with Crippen LogP contribution in [0.5, 0.6) is 0 Å². The predicted octanol–water partition coefficient (Wildman–Crippen LogP) is 6.01. The van der Waals surface area contributed by atoms with E-state index in [1.165, 1.54) is 12.2 Å². The second-order valence-corrected chi connectivity index (χ2v) is 14.9. The van der Waals surface area contributed by atoms with E-state index in [0.717, 1.165) is 20.2 Å². The van der Waals surface area contributed by atoms with Crippen molar-refractivity contribution in [2.45, 2.75) is 61.8 Å². The summed E-state index contributed by atoms with van der Waals surface area (Å²) in [6.07, 6.45) is 2.73. The number of thioether (sulfide) groups is 2. The molecule has 5 nitrogen and oxygen atoms in total. The van der Waals surface area contributed by atoms with Crippen LogP contribution in [0.4, 0.5) is 13.2 Å². The van der Waals surface area contributed by atoms with Crippen molar-refractivity contribution in [3.05, 3.63) is 40.8 Å². The highest BCUT2D eigenvalue weighted by Gasteiger charge is 2.73. The third-order valence-corrected chi connectivity index (χ3v) is 12.7. The molecule has 1 aromatic heterocycles. The summed E-state index contributed by atoms with van der Waals surface area (Å²) >= 11 is 3.73. The Bertz CT molecular complexity index is 1210. The summed E-state index contributed by atoms with van der Waals surface area (Å²) in [5.41, 5.74) is -4.62. The zero-order valence-electron chi connectivity index (χ0n) is 22.1. The molecule has 214 valence electrons. The first-order chi connectivity index (χ1) is 18.4. The van der Waals surface area contributed by atoms with Crippen LogP contribution in [0.25, 0.3) is 0 Å². The van der Waals surface area contributed by atoms with Gasteiger partial charge in [-0.25, -0.2) is 13.2 Å². The zero-order chi connectivity index (χ0) is 28.3. The molecular weight excluding hydrogens is 568 g/mol. The Morgan fingerprint density at radius 3 is 2.67 bits per heavy atom. The fourth-order valence-electron chi connectivity index (χ4n) is 8.24. The average molecular weight is 602 g/mol. The third-order valence-electron chi connectivity index (χ3n) is 9.87. The van der Waals surface area contributed by atoms with E-state index >= 15 is 8.78 Å². The van der Waals surface area contributed by atoms with Crippen molar-refractivity contribution >= 4 is 45.8 Å². The number of alkyl halides is 3. The number of allylic oxidation sites excluding steroid dienone is 4. The number of nitrogens with zero attached hydrogens (tertiary/aromatic N) is 1. The zero-order valence-corrected chi connectivity index (χ0v) is 24.6. The van der Waals surface area contributed by atoms with Crippen LogP contribution in [0.3, 0.4) is 0 Å². The van der Waals surface area contributed by atoms with E-state index in [2.05, 4.69) is 0 Å². The van der Waals surface area contributed by atoms with Gasteiger partial charge in [-0.3, -0.25) is 9.59 Å². The lowest BCUT2D eigenvalue weighted by atomic mass is 9.45. The van der Waals surface area contributed by atoms with E-state index < -0.39 is 64.2 Å². The van der Waals surface area contributed by atoms with Crippen molar-refractivity contribution in [3.8, 4) is 0 Å². The predicted molar refractivity (Wildman–Crippen MR) is 148 cm³/mol. The van der Waals surface area contributed by atoms with E-state index in [1.807, 2.05) is 25.3 Å². The van der Waals surface area contributed by atoms with Gasteiger partial charge in [0.05, 0.1) is 16.9 Å². The normalized spacial score (nSPS) is 41.3. The molecule has 0 radical (unpaired) electrons. The molecule has 0 bridgehead atoms. The second kappa shape index (κ2) is 10.6. The molecule has 0 aromatic carbocycles. The number of carbonyl (C=O) groups is 2. The molecule has 4 aliphatic rings. The number of aliphatic hydroxyl groups excluding tert-OH is 1. The Hall–Kier alpha value is -1.11. The Kier molecular flexibility index (Phi) is 8.00. The van der Waals surface area contributed by atoms with Crippen LogP contribution >= 0.6 is 34.9 Å². The van der Waals surface area contributed by atoms with Crippen LogP contribution in [0.1, 0.15) is 38.0 Å². The minimum atomic E-state index is -2.25. The van der Waals surface area contributed by atoms with E-state index in [0.29, 0.717) is 18.2 Å². The molecule has 0 amide bonds. The van der Waals surface area contributed by atoms with Crippen LogP contribution in [-0.4, -0.2) is 63.0 Å². The van der Waals surface area contributed by atoms with E-state index in [4.69, 9.17) is 0 Å². The molecule has 0 spiro atoms. The van der Waals surface area contributed by atoms with Gasteiger partial charge in [-0.15, -0.1) is 23.1 Å². The van der Waals surface area contributed by atoms with Gasteiger partial charge in [0.1, 0.15) is 12.2 Å². The van der Waals surface area contributed by atoms with Crippen LogP contribution in [0, 0.1) is 34.5 Å². The highest BCUT2D eigenvalue weighted by atomic mass is 32.2. The van der Waals surface area contributed by atoms with E-state index in [-0.39, 0.29) is 36.6 Å². The fraction of sp³-hybridized carbons (Fsp3) is 0.643. The van der Waals surface area contributed by atoms with Gasteiger partial charge in [0.25, 0.3) is 0 Å². The van der Waals surface area contributed by atoms with Gasteiger partial charge in [0.2, 0.25) is 0 Å². The molecule has 3 saturated carbocycles. The lowest BCUT2D eigenvalue weighted by Crippen LogP contribution is -2.68. The van der Waals surface area contributed by atoms with Gasteiger partial charge < -0.3 is 10.3 Å². The number of aliphatic hydroxyl groups is 1. The number of fused-ring (bicyclic) bond motifs is 5. The van der Waals surface area contributed by atoms with Gasteiger partial charge in [0, 0.05) is 28.7 Å². The number of hydroxylamine groups is 2. The smallest absolute Gasteiger partial charge is 0.195 e. The van der Waals surface area contributed by atoms with Crippen molar-refractivity contribution in [1.82, 2.24) is 5.06 Å². The van der Waals surface area contributed by atoms with Crippen LogP contribution in [0.2, 0.25) is 0 Å². The van der Waals surface area contributed by atoms with Crippen molar-refractivity contribution in [1.29, 1.82) is 0 Å². The maximum Gasteiger partial charge on any atom is 0.195 e. The Balaban J connectivity index is 1.49. The number of halogens is 3. The monoisotopic (exact) mass is 601 g/mol. The van der Waals surface area contributed by atoms with Crippen molar-refractivity contribution in [3.63, 3.8) is 0 Å². The molecule has 9 atom stereocenters. The van der Waals surface area contributed by atoms with Gasteiger partial charge in [-0.1, -0.05) is 24.8 Å². The molecule has 39 heavy (non-hydrogen) atoms. The van der Waals surface area contributed by atoms with Crippen LogP contribution < -0.4 is 0 Å². The SMILES string of the molecule is CSc1ccc(CN(O)C[C@@H]2C[C@H]3[C@@H]4C[C@H](F)C5=CC(=O)C=C[C@]5(C)[C@@]4(F)[C@@H](O)C[C@]3(C)[C@H]2C(=O)SCF)s1. The molecule has 1 aromatic rings. The van der Waals surface area contributed by atoms with E-state index in [1.54, 1.807) is 30.0 Å². The molecule has 1 heterocycles.